The van der Waals surface area contributed by atoms with E-state index in [1.807, 2.05) is 12.1 Å². The fourth-order valence-corrected chi connectivity index (χ4v) is 4.64. The van der Waals surface area contributed by atoms with Gasteiger partial charge < -0.3 is 19.7 Å². The summed E-state index contributed by atoms with van der Waals surface area (Å²) >= 11 is 0. The van der Waals surface area contributed by atoms with Gasteiger partial charge in [0.15, 0.2) is 11.5 Å². The van der Waals surface area contributed by atoms with E-state index in [9.17, 15) is 14.0 Å². The zero-order valence-electron chi connectivity index (χ0n) is 21.8. The molecule has 4 aromatic rings. The van der Waals surface area contributed by atoms with Crippen LogP contribution in [0.2, 0.25) is 0 Å². The van der Waals surface area contributed by atoms with E-state index >= 15 is 0 Å². The minimum absolute atomic E-state index is 0.161. The van der Waals surface area contributed by atoms with Crippen molar-refractivity contribution in [1.29, 1.82) is 0 Å². The van der Waals surface area contributed by atoms with Crippen molar-refractivity contribution in [2.75, 3.05) is 43.4 Å². The number of rotatable bonds is 7. The second-order valence-corrected chi connectivity index (χ2v) is 9.73. The molecule has 1 fully saturated rings. The number of likely N-dealkylation sites (N-methyl/N-ethyl adjacent to an activating group) is 1. The molecular formula is C27H31FN8O2. The lowest BCUT2D eigenvalue weighted by Crippen LogP contribution is -2.44. The highest BCUT2D eigenvalue weighted by molar-refractivity contribution is 5.77. The highest BCUT2D eigenvalue weighted by Crippen LogP contribution is 2.23. The molecule has 198 valence electrons. The first kappa shape index (κ1) is 25.4. The maximum Gasteiger partial charge on any atom is 0.286 e. The highest BCUT2D eigenvalue weighted by atomic mass is 19.1. The molecule has 1 saturated heterocycles. The largest absolute Gasteiger partial charge is 0.369 e. The van der Waals surface area contributed by atoms with Crippen molar-refractivity contribution < 1.29 is 4.39 Å². The summed E-state index contributed by atoms with van der Waals surface area (Å²) in [6, 6.07) is 8.88. The molecule has 1 aliphatic rings. The number of piperazine rings is 1. The zero-order valence-corrected chi connectivity index (χ0v) is 21.8. The van der Waals surface area contributed by atoms with Gasteiger partial charge in [0.05, 0.1) is 12.2 Å². The van der Waals surface area contributed by atoms with E-state index in [4.69, 9.17) is 0 Å². The van der Waals surface area contributed by atoms with Gasteiger partial charge in [-0.2, -0.15) is 4.98 Å². The Labute approximate surface area is 219 Å². The number of hydrogen-bond donors (Lipinski definition) is 1. The summed E-state index contributed by atoms with van der Waals surface area (Å²) in [4.78, 5) is 39.1. The summed E-state index contributed by atoms with van der Waals surface area (Å²) in [5, 5.41) is 3.47. The Balaban J connectivity index is 1.53. The van der Waals surface area contributed by atoms with Crippen molar-refractivity contribution >= 4 is 28.4 Å². The van der Waals surface area contributed by atoms with E-state index in [1.165, 1.54) is 26.3 Å². The molecule has 38 heavy (non-hydrogen) atoms. The molecule has 0 unspecified atom stereocenters. The summed E-state index contributed by atoms with van der Waals surface area (Å²) in [7, 11) is 2.13. The molecule has 0 atom stereocenters. The first-order chi connectivity index (χ1) is 18.3. The van der Waals surface area contributed by atoms with Gasteiger partial charge in [0.25, 0.3) is 11.1 Å². The van der Waals surface area contributed by atoms with Gasteiger partial charge in [-0.15, -0.1) is 6.58 Å². The van der Waals surface area contributed by atoms with Crippen LogP contribution in [-0.2, 0) is 6.54 Å². The molecule has 0 saturated carbocycles. The fraction of sp³-hybridized carbons (Fsp3) is 0.333. The van der Waals surface area contributed by atoms with Gasteiger partial charge >= 0.3 is 0 Å². The molecule has 0 aliphatic carbocycles. The maximum atomic E-state index is 14.7. The van der Waals surface area contributed by atoms with Gasteiger partial charge in [-0.05, 0) is 45.2 Å². The number of anilines is 3. The predicted molar refractivity (Wildman–Crippen MR) is 147 cm³/mol. The quantitative estimate of drug-likeness (QED) is 0.376. The van der Waals surface area contributed by atoms with E-state index in [2.05, 4.69) is 50.8 Å². The lowest BCUT2D eigenvalue weighted by atomic mass is 10.2. The van der Waals surface area contributed by atoms with Gasteiger partial charge in [-0.25, -0.2) is 18.7 Å². The van der Waals surface area contributed by atoms with Crippen LogP contribution in [0, 0.1) is 5.82 Å². The highest BCUT2D eigenvalue weighted by Gasteiger charge is 2.20. The second-order valence-electron chi connectivity index (χ2n) is 9.73. The number of benzene rings is 1. The van der Waals surface area contributed by atoms with Crippen molar-refractivity contribution in [3.8, 4) is 5.69 Å². The molecule has 5 rings (SSSR count). The SMILES string of the molecule is C=CCn1c(=O)c2cnc(Nc3ccc(N4CCN(C)CC4)cc3)nc2n1-c1cc(F)c(=O)n(C(C)C)c1. The van der Waals surface area contributed by atoms with Gasteiger partial charge in [0.2, 0.25) is 5.95 Å². The Morgan fingerprint density at radius 1 is 1.08 bits per heavy atom. The van der Waals surface area contributed by atoms with Crippen LogP contribution in [-0.4, -0.2) is 62.0 Å². The van der Waals surface area contributed by atoms with E-state index in [0.717, 1.165) is 43.6 Å². The standard InChI is InChI=1S/C27H31FN8O2/c1-5-10-35-25(37)22-16-29-27(30-19-6-8-20(9-7-19)33-13-11-32(4)12-14-33)31-24(22)36(35)21-15-23(28)26(38)34(17-21)18(2)3/h5-9,15-18H,1,10-14H2,2-4H3,(H,29,30,31). The van der Waals surface area contributed by atoms with Crippen LogP contribution >= 0.6 is 0 Å². The van der Waals surface area contributed by atoms with Crippen LogP contribution in [0.4, 0.5) is 21.7 Å². The monoisotopic (exact) mass is 518 g/mol. The van der Waals surface area contributed by atoms with Crippen LogP contribution in [0.3, 0.4) is 0 Å². The summed E-state index contributed by atoms with van der Waals surface area (Å²) in [5.41, 5.74) is 1.46. The Morgan fingerprint density at radius 2 is 1.79 bits per heavy atom. The number of nitrogens with one attached hydrogen (secondary N) is 1. The Bertz CT molecular complexity index is 1590. The minimum atomic E-state index is -0.913. The van der Waals surface area contributed by atoms with E-state index in [0.29, 0.717) is 5.69 Å². The molecule has 1 aliphatic heterocycles. The summed E-state index contributed by atoms with van der Waals surface area (Å²) in [6.07, 6.45) is 4.55. The Kier molecular flexibility index (Phi) is 6.85. The molecule has 0 radical (unpaired) electrons. The first-order valence-corrected chi connectivity index (χ1v) is 12.6. The zero-order chi connectivity index (χ0) is 27.0. The van der Waals surface area contributed by atoms with Crippen LogP contribution in [0.5, 0.6) is 0 Å². The topological polar surface area (TPSA) is 93.2 Å². The third kappa shape index (κ3) is 4.72. The Morgan fingerprint density at radius 3 is 2.45 bits per heavy atom. The average molecular weight is 519 g/mol. The number of allylic oxidation sites excluding steroid dienone is 1. The summed E-state index contributed by atoms with van der Waals surface area (Å²) in [5.74, 6) is -0.629. The maximum absolute atomic E-state index is 14.7. The number of hydrogen-bond acceptors (Lipinski definition) is 7. The van der Waals surface area contributed by atoms with Crippen LogP contribution in [0.25, 0.3) is 16.7 Å². The smallest absolute Gasteiger partial charge is 0.286 e. The Hall–Kier alpha value is -4.25. The molecule has 3 aromatic heterocycles. The molecule has 0 amide bonds. The van der Waals surface area contributed by atoms with Crippen LogP contribution in [0.1, 0.15) is 19.9 Å². The number of aromatic nitrogens is 5. The van der Waals surface area contributed by atoms with Crippen molar-refractivity contribution in [3.63, 3.8) is 0 Å². The fourth-order valence-electron chi connectivity index (χ4n) is 4.64. The van der Waals surface area contributed by atoms with E-state index < -0.39 is 11.4 Å². The van der Waals surface area contributed by atoms with Crippen molar-refractivity contribution in [2.45, 2.75) is 26.4 Å². The molecule has 0 bridgehead atoms. The number of halogens is 1. The van der Waals surface area contributed by atoms with Crippen LogP contribution in [0.15, 0.2) is 65.0 Å². The normalized spacial score (nSPS) is 14.4. The third-order valence-electron chi connectivity index (χ3n) is 6.76. The molecule has 10 nitrogen and oxygen atoms in total. The molecule has 1 aromatic carbocycles. The molecule has 0 spiro atoms. The number of pyridine rings is 1. The molecule has 4 heterocycles. The van der Waals surface area contributed by atoms with Gasteiger partial charge in [0, 0.05) is 62.1 Å². The average Bonchev–Trinajstić information content (AvgIpc) is 3.17. The first-order valence-electron chi connectivity index (χ1n) is 12.6. The van der Waals surface area contributed by atoms with Gasteiger partial charge in [-0.3, -0.25) is 9.59 Å². The van der Waals surface area contributed by atoms with E-state index in [-0.39, 0.29) is 35.1 Å². The third-order valence-corrected chi connectivity index (χ3v) is 6.76. The lowest BCUT2D eigenvalue weighted by Gasteiger charge is -2.34. The van der Waals surface area contributed by atoms with Crippen molar-refractivity contribution in [3.05, 3.63) is 81.9 Å². The number of fused-ring (bicyclic) bond motifs is 1. The second kappa shape index (κ2) is 10.3. The predicted octanol–water partition coefficient (Wildman–Crippen LogP) is 3.15. The summed E-state index contributed by atoms with van der Waals surface area (Å²) in [6.45, 7) is 11.5. The molecule has 11 heteroatoms. The van der Waals surface area contributed by atoms with Gasteiger partial charge in [0.1, 0.15) is 5.39 Å². The van der Waals surface area contributed by atoms with Crippen molar-refractivity contribution in [1.82, 2.24) is 28.8 Å². The minimum Gasteiger partial charge on any atom is -0.369 e. The van der Waals surface area contributed by atoms with Crippen LogP contribution < -0.4 is 21.3 Å². The molecule has 1 N–H and O–H groups in total. The number of nitrogens with zero attached hydrogens (tertiary/aromatic N) is 7. The molecular weight excluding hydrogens is 487 g/mol. The van der Waals surface area contributed by atoms with Gasteiger partial charge in [-0.1, -0.05) is 6.08 Å². The summed E-state index contributed by atoms with van der Waals surface area (Å²) < 4.78 is 18.8. The van der Waals surface area contributed by atoms with Crippen molar-refractivity contribution in [2.24, 2.45) is 0 Å². The van der Waals surface area contributed by atoms with E-state index in [1.54, 1.807) is 19.9 Å². The lowest BCUT2D eigenvalue weighted by molar-refractivity contribution is 0.313.